The third-order valence-corrected chi connectivity index (χ3v) is 13.0. The molecule has 3 aromatic rings. The van der Waals surface area contributed by atoms with Crippen molar-refractivity contribution in [3.05, 3.63) is 93.2 Å². The molecule has 1 unspecified atom stereocenters. The molecule has 3 aliphatic heterocycles. The number of carbonyl (C=O) groups is 1. The number of nitrogens with zero attached hydrogens (tertiary/aromatic N) is 3. The average Bonchev–Trinajstić information content (AvgIpc) is 3.53. The highest BCUT2D eigenvalue weighted by atomic mass is 35.5. The molecule has 0 spiro atoms. The van der Waals surface area contributed by atoms with Crippen LogP contribution in [0, 0.1) is 5.82 Å². The number of hydrogen-bond acceptors (Lipinski definition) is 10. The minimum Gasteiger partial charge on any atom is -0.493 e. The quantitative estimate of drug-likeness (QED) is 0.292. The fourth-order valence-electron chi connectivity index (χ4n) is 6.89. The maximum absolute atomic E-state index is 16.0. The maximum Gasteiger partial charge on any atom is 0.262 e. The summed E-state index contributed by atoms with van der Waals surface area (Å²) >= 11 is 12.6. The highest BCUT2D eigenvalue weighted by Gasteiger charge is 2.55. The second kappa shape index (κ2) is 17.1. The molecule has 6 rings (SSSR count). The Bertz CT molecular complexity index is 1930. The van der Waals surface area contributed by atoms with E-state index in [1.165, 1.54) is 16.6 Å². The van der Waals surface area contributed by atoms with E-state index in [9.17, 15) is 16.8 Å². The van der Waals surface area contributed by atoms with Crippen LogP contribution in [0.5, 0.6) is 5.75 Å². The number of rotatable bonds is 11. The Hall–Kier alpha value is -2.57. The van der Waals surface area contributed by atoms with Gasteiger partial charge >= 0.3 is 0 Å². The lowest BCUT2D eigenvalue weighted by molar-refractivity contribution is -0.141. The molecular weight excluding hydrogens is 792 g/mol. The molecule has 3 saturated heterocycles. The van der Waals surface area contributed by atoms with Crippen molar-refractivity contribution in [2.75, 3.05) is 77.6 Å². The van der Waals surface area contributed by atoms with Gasteiger partial charge in [-0.2, -0.15) is 4.31 Å². The van der Waals surface area contributed by atoms with Gasteiger partial charge in [0.1, 0.15) is 26.3 Å². The van der Waals surface area contributed by atoms with E-state index < -0.39 is 54.2 Å². The highest BCUT2D eigenvalue weighted by molar-refractivity contribution is 7.90. The molecule has 3 fully saturated rings. The van der Waals surface area contributed by atoms with Crippen LogP contribution >= 0.6 is 35.6 Å². The van der Waals surface area contributed by atoms with Crippen LogP contribution in [0.3, 0.4) is 0 Å². The fourth-order valence-corrected chi connectivity index (χ4v) is 9.22. The minimum atomic E-state index is -4.36. The first-order chi connectivity index (χ1) is 24.7. The van der Waals surface area contributed by atoms with Crippen LogP contribution in [-0.2, 0) is 35.1 Å². The van der Waals surface area contributed by atoms with Crippen LogP contribution in [0.2, 0.25) is 10.0 Å². The molecule has 2 N–H and O–H groups in total. The number of sulfone groups is 1. The van der Waals surface area contributed by atoms with Gasteiger partial charge in [0, 0.05) is 73.7 Å². The summed E-state index contributed by atoms with van der Waals surface area (Å²) in [7, 11) is -7.55. The summed E-state index contributed by atoms with van der Waals surface area (Å²) in [6, 6.07) is 15.4. The number of benzene rings is 3. The zero-order chi connectivity index (χ0) is 37.3. The van der Waals surface area contributed by atoms with Gasteiger partial charge in [0.2, 0.25) is 10.0 Å². The monoisotopic (exact) mass is 833 g/mol. The van der Waals surface area contributed by atoms with Crippen LogP contribution in [0.15, 0.2) is 65.6 Å². The molecule has 0 saturated carbocycles. The third-order valence-electron chi connectivity index (χ3n) is 9.62. The van der Waals surface area contributed by atoms with Crippen molar-refractivity contribution in [2.45, 2.75) is 29.6 Å². The van der Waals surface area contributed by atoms with Gasteiger partial charge in [-0.3, -0.25) is 20.3 Å². The van der Waals surface area contributed by atoms with E-state index in [0.717, 1.165) is 17.2 Å². The summed E-state index contributed by atoms with van der Waals surface area (Å²) in [6.07, 6.45) is 1.19. The van der Waals surface area contributed by atoms with Crippen molar-refractivity contribution in [3.8, 4) is 5.75 Å². The summed E-state index contributed by atoms with van der Waals surface area (Å²) in [5, 5.41) is 8.13. The van der Waals surface area contributed by atoms with E-state index in [4.69, 9.17) is 32.7 Å². The number of nitrogens with one attached hydrogen (secondary N) is 2. The van der Waals surface area contributed by atoms with Crippen LogP contribution < -0.4 is 15.4 Å². The predicted molar refractivity (Wildman–Crippen MR) is 203 cm³/mol. The van der Waals surface area contributed by atoms with Gasteiger partial charge in [-0.15, -0.1) is 12.4 Å². The number of ether oxygens (including phenoxy) is 2. The number of amides is 1. The van der Waals surface area contributed by atoms with Crippen molar-refractivity contribution >= 4 is 61.4 Å². The van der Waals surface area contributed by atoms with Gasteiger partial charge in [-0.1, -0.05) is 47.5 Å². The first-order valence-corrected chi connectivity index (χ1v) is 21.3. The zero-order valence-corrected chi connectivity index (χ0v) is 33.2. The Morgan fingerprint density at radius 1 is 0.887 bits per heavy atom. The predicted octanol–water partition coefficient (Wildman–Crippen LogP) is 3.99. The molecule has 3 aliphatic rings. The van der Waals surface area contributed by atoms with Crippen molar-refractivity contribution < 1.29 is 35.5 Å². The smallest absolute Gasteiger partial charge is 0.262 e. The molecule has 1 amide bonds. The van der Waals surface area contributed by atoms with Crippen molar-refractivity contribution in [2.24, 2.45) is 0 Å². The van der Waals surface area contributed by atoms with Gasteiger partial charge in [0.05, 0.1) is 37.7 Å². The first-order valence-electron chi connectivity index (χ1n) is 17.0. The molecular formula is C35H43Cl3FN5O7S2. The van der Waals surface area contributed by atoms with Crippen molar-refractivity contribution in [1.82, 2.24) is 24.7 Å². The van der Waals surface area contributed by atoms with Crippen LogP contribution in [0.1, 0.15) is 35.7 Å². The summed E-state index contributed by atoms with van der Waals surface area (Å²) in [5.41, 5.74) is -0.184. The topological polar surface area (TPSA) is 138 Å². The van der Waals surface area contributed by atoms with Crippen molar-refractivity contribution in [3.63, 3.8) is 0 Å². The number of hydrogen-bond donors (Lipinski definition) is 2. The van der Waals surface area contributed by atoms with E-state index in [2.05, 4.69) is 10.6 Å². The molecule has 0 radical (unpaired) electrons. The van der Waals surface area contributed by atoms with E-state index in [-0.39, 0.29) is 75.5 Å². The molecule has 290 valence electrons. The average molecular weight is 835 g/mol. The number of sulfonamides is 1. The highest BCUT2D eigenvalue weighted by Crippen LogP contribution is 2.46. The second-order valence-corrected chi connectivity index (χ2v) is 18.1. The third kappa shape index (κ3) is 9.12. The van der Waals surface area contributed by atoms with Crippen LogP contribution in [0.4, 0.5) is 4.39 Å². The molecule has 53 heavy (non-hydrogen) atoms. The lowest BCUT2D eigenvalue weighted by atomic mass is 9.95. The largest absolute Gasteiger partial charge is 0.493 e. The lowest BCUT2D eigenvalue weighted by Crippen LogP contribution is -2.62. The molecule has 18 heteroatoms. The first kappa shape index (κ1) is 41.6. The van der Waals surface area contributed by atoms with E-state index in [1.54, 1.807) is 36.1 Å². The lowest BCUT2D eigenvalue weighted by Gasteiger charge is -2.41. The Labute approximate surface area is 326 Å². The van der Waals surface area contributed by atoms with E-state index >= 15 is 9.18 Å². The number of piperazine rings is 1. The van der Waals surface area contributed by atoms with Gasteiger partial charge < -0.3 is 14.4 Å². The summed E-state index contributed by atoms with van der Waals surface area (Å²) in [6.45, 7) is 3.92. The standard InChI is InChI=1S/C35H42Cl2FN5O7S2.ClH/c1-3-50-30-23-29(38)31(52(47,48)43-16-19-49-20-17-43)22-28(30)35(34(44)42-14-12-41(13-15-42)18-21-51(2,45)46)39-32(24-4-8-26(36)9-5-24)33(40-35)25-6-10-27(37)11-7-25;/h4-11,22-23,32-33,39-40H,3,12-21H2,1-2H3;1H/t32-,33+,35?;. The summed E-state index contributed by atoms with van der Waals surface area (Å²) in [4.78, 5) is 18.3. The molecule has 3 aromatic carbocycles. The van der Waals surface area contributed by atoms with Crippen LogP contribution in [0.25, 0.3) is 0 Å². The molecule has 3 heterocycles. The number of halogens is 4. The zero-order valence-electron chi connectivity index (χ0n) is 29.3. The van der Waals surface area contributed by atoms with Gasteiger partial charge in [0.15, 0.2) is 5.66 Å². The van der Waals surface area contributed by atoms with Crippen molar-refractivity contribution in [1.29, 1.82) is 0 Å². The molecule has 0 aliphatic carbocycles. The number of carbonyl (C=O) groups excluding carboxylic acids is 1. The minimum absolute atomic E-state index is 0. The Morgan fingerprint density at radius 2 is 1.42 bits per heavy atom. The fraction of sp³-hybridized carbons (Fsp3) is 0.457. The Kier molecular flexibility index (Phi) is 13.4. The molecule has 0 aromatic heterocycles. The summed E-state index contributed by atoms with van der Waals surface area (Å²) in [5.74, 6) is -1.46. The maximum atomic E-state index is 16.0. The Balaban J connectivity index is 0.00000541. The van der Waals surface area contributed by atoms with Gasteiger partial charge in [-0.25, -0.2) is 21.2 Å². The van der Waals surface area contributed by atoms with E-state index in [1.807, 2.05) is 29.2 Å². The second-order valence-electron chi connectivity index (χ2n) is 13.1. The summed E-state index contributed by atoms with van der Waals surface area (Å²) < 4.78 is 80.2. The van der Waals surface area contributed by atoms with Gasteiger partial charge in [0.25, 0.3) is 5.91 Å². The molecule has 12 nitrogen and oxygen atoms in total. The Morgan fingerprint density at radius 3 is 1.91 bits per heavy atom. The van der Waals surface area contributed by atoms with Gasteiger partial charge in [-0.05, 0) is 48.4 Å². The normalized spacial score (nSPS) is 23.1. The van der Waals surface area contributed by atoms with Crippen LogP contribution in [-0.4, -0.2) is 114 Å². The van der Waals surface area contributed by atoms with E-state index in [0.29, 0.717) is 29.7 Å². The number of morpholine rings is 1. The molecule has 0 bridgehead atoms. The SMILES string of the molecule is CCOc1cc(F)c(S(=O)(=O)N2CCOCC2)cc1C1(C(=O)N2CCN(CCS(C)(=O)=O)CC2)N[C@H](c2ccc(Cl)cc2)[C@H](c2ccc(Cl)cc2)N1.Cl. The molecule has 3 atom stereocenters.